The number of carbonyl (C=O) groups is 1. The highest BCUT2D eigenvalue weighted by atomic mass is 16.1. The summed E-state index contributed by atoms with van der Waals surface area (Å²) < 4.78 is 0. The van der Waals surface area contributed by atoms with Crippen LogP contribution in [0.3, 0.4) is 0 Å². The minimum atomic E-state index is 0.296. The normalized spacial score (nSPS) is 10.9. The highest BCUT2D eigenvalue weighted by molar-refractivity contribution is 5.89. The van der Waals surface area contributed by atoms with Crippen LogP contribution in [0, 0.1) is 0 Å². The van der Waals surface area contributed by atoms with Crippen LogP contribution in [0.5, 0.6) is 0 Å². The molecule has 1 heteroatoms. The topological polar surface area (TPSA) is 17.1 Å². The monoisotopic (exact) mass is 182 g/mol. The number of carbonyl (C=O) groups excluding carboxylic acids is 1. The second kappa shape index (κ2) is 9.50. The molecule has 0 spiro atoms. The first-order chi connectivity index (χ1) is 6.31. The van der Waals surface area contributed by atoms with Gasteiger partial charge in [-0.3, -0.25) is 4.79 Å². The van der Waals surface area contributed by atoms with E-state index in [-0.39, 0.29) is 0 Å². The molecular weight excluding hydrogens is 160 g/mol. The van der Waals surface area contributed by atoms with Crippen LogP contribution < -0.4 is 0 Å². The molecule has 0 aromatic heterocycles. The van der Waals surface area contributed by atoms with Crippen LogP contribution in [-0.4, -0.2) is 5.78 Å². The molecule has 0 radical (unpaired) electrons. The van der Waals surface area contributed by atoms with Gasteiger partial charge in [-0.2, -0.15) is 0 Å². The van der Waals surface area contributed by atoms with E-state index in [1.807, 2.05) is 6.08 Å². The minimum absolute atomic E-state index is 0.296. The molecule has 76 valence electrons. The summed E-state index contributed by atoms with van der Waals surface area (Å²) in [6, 6.07) is 0. The number of rotatable bonds is 8. The van der Waals surface area contributed by atoms with Gasteiger partial charge >= 0.3 is 0 Å². The Labute approximate surface area is 82.2 Å². The maximum atomic E-state index is 11.2. The van der Waals surface area contributed by atoms with Crippen molar-refractivity contribution < 1.29 is 4.79 Å². The van der Waals surface area contributed by atoms with Crippen LogP contribution in [0.4, 0.5) is 0 Å². The van der Waals surface area contributed by atoms with Crippen LogP contribution >= 0.6 is 0 Å². The van der Waals surface area contributed by atoms with Crippen LogP contribution in [0.2, 0.25) is 0 Å². The fourth-order valence-corrected chi connectivity index (χ4v) is 1.17. The van der Waals surface area contributed by atoms with Crippen LogP contribution in [-0.2, 0) is 4.79 Å². The molecule has 0 aliphatic rings. The van der Waals surface area contributed by atoms with Gasteiger partial charge in [-0.25, -0.2) is 0 Å². The average Bonchev–Trinajstić information content (AvgIpc) is 2.13. The Balaban J connectivity index is 3.33. The van der Waals surface area contributed by atoms with Crippen molar-refractivity contribution in [3.8, 4) is 0 Å². The third kappa shape index (κ3) is 9.32. The Morgan fingerprint density at radius 3 is 2.38 bits per heavy atom. The molecule has 0 aliphatic carbocycles. The lowest BCUT2D eigenvalue weighted by Crippen LogP contribution is -1.91. The summed E-state index contributed by atoms with van der Waals surface area (Å²) >= 11 is 0. The predicted octanol–water partition coefficient (Wildman–Crippen LogP) is 3.88. The highest BCUT2D eigenvalue weighted by Gasteiger charge is 1.94. The van der Waals surface area contributed by atoms with E-state index in [0.29, 0.717) is 5.78 Å². The van der Waals surface area contributed by atoms with E-state index in [1.165, 1.54) is 25.7 Å². The molecule has 1 nitrogen and oxygen atoms in total. The molecular formula is C12H22O. The van der Waals surface area contributed by atoms with Crippen molar-refractivity contribution in [3.63, 3.8) is 0 Å². The zero-order chi connectivity index (χ0) is 9.94. The molecule has 0 unspecified atom stereocenters. The molecule has 0 fully saturated rings. The van der Waals surface area contributed by atoms with Crippen molar-refractivity contribution in [2.45, 2.75) is 58.8 Å². The molecule has 0 amide bonds. The van der Waals surface area contributed by atoms with E-state index in [1.54, 1.807) is 6.08 Å². The Kier molecular flexibility index (Phi) is 9.07. The molecule has 0 saturated heterocycles. The smallest absolute Gasteiger partial charge is 0.155 e. The quantitative estimate of drug-likeness (QED) is 0.411. The maximum absolute atomic E-state index is 11.2. The van der Waals surface area contributed by atoms with E-state index >= 15 is 0 Å². The third-order valence-electron chi connectivity index (χ3n) is 2.05. The van der Waals surface area contributed by atoms with E-state index in [4.69, 9.17) is 0 Å². The summed E-state index contributed by atoms with van der Waals surface area (Å²) in [5.41, 5.74) is 0. The molecule has 0 atom stereocenters. The summed E-state index contributed by atoms with van der Waals surface area (Å²) in [7, 11) is 0. The van der Waals surface area contributed by atoms with Crippen LogP contribution in [0.15, 0.2) is 12.2 Å². The van der Waals surface area contributed by atoms with E-state index in [2.05, 4.69) is 13.8 Å². The number of ketones is 1. The van der Waals surface area contributed by atoms with Gasteiger partial charge in [-0.15, -0.1) is 0 Å². The number of unbranched alkanes of at least 4 members (excludes halogenated alkanes) is 4. The van der Waals surface area contributed by atoms with Gasteiger partial charge in [0.1, 0.15) is 0 Å². The molecule has 0 N–H and O–H groups in total. The summed E-state index contributed by atoms with van der Waals surface area (Å²) in [5.74, 6) is 0.296. The van der Waals surface area contributed by atoms with Crippen molar-refractivity contribution >= 4 is 5.78 Å². The second-order valence-corrected chi connectivity index (χ2v) is 3.47. The number of hydrogen-bond acceptors (Lipinski definition) is 1. The average molecular weight is 182 g/mol. The Hall–Kier alpha value is -0.590. The van der Waals surface area contributed by atoms with Crippen molar-refractivity contribution in [3.05, 3.63) is 12.2 Å². The lowest BCUT2D eigenvalue weighted by molar-refractivity contribution is -0.114. The molecule has 13 heavy (non-hydrogen) atoms. The standard InChI is InChI=1S/C12H22O/c1-3-5-7-9-11-12(13)10-8-6-4-2/h9,11H,3-8,10H2,1-2H3/b11-9+. The van der Waals surface area contributed by atoms with Crippen molar-refractivity contribution in [1.29, 1.82) is 0 Å². The predicted molar refractivity (Wildman–Crippen MR) is 57.8 cm³/mol. The molecule has 0 saturated carbocycles. The Morgan fingerprint density at radius 2 is 1.77 bits per heavy atom. The zero-order valence-corrected chi connectivity index (χ0v) is 9.01. The van der Waals surface area contributed by atoms with Crippen LogP contribution in [0.1, 0.15) is 58.8 Å². The Bertz CT molecular complexity index is 147. The van der Waals surface area contributed by atoms with Gasteiger partial charge in [0, 0.05) is 6.42 Å². The van der Waals surface area contributed by atoms with Crippen molar-refractivity contribution in [2.24, 2.45) is 0 Å². The molecule has 0 aromatic carbocycles. The summed E-state index contributed by atoms with van der Waals surface area (Å²) in [4.78, 5) is 11.2. The molecule has 0 heterocycles. The molecule has 0 bridgehead atoms. The number of hydrogen-bond donors (Lipinski definition) is 0. The lowest BCUT2D eigenvalue weighted by atomic mass is 10.1. The first-order valence-electron chi connectivity index (χ1n) is 5.50. The fraction of sp³-hybridized carbons (Fsp3) is 0.750. The maximum Gasteiger partial charge on any atom is 0.155 e. The van der Waals surface area contributed by atoms with E-state index < -0.39 is 0 Å². The van der Waals surface area contributed by atoms with Crippen molar-refractivity contribution in [2.75, 3.05) is 0 Å². The highest BCUT2D eigenvalue weighted by Crippen LogP contribution is 2.01. The van der Waals surface area contributed by atoms with Gasteiger partial charge in [0.05, 0.1) is 0 Å². The first-order valence-corrected chi connectivity index (χ1v) is 5.50. The van der Waals surface area contributed by atoms with Gasteiger partial charge in [0.25, 0.3) is 0 Å². The SMILES string of the molecule is CCCC/C=C/C(=O)CCCCC. The van der Waals surface area contributed by atoms with Gasteiger partial charge in [0.15, 0.2) is 5.78 Å². The first kappa shape index (κ1) is 12.4. The second-order valence-electron chi connectivity index (χ2n) is 3.47. The van der Waals surface area contributed by atoms with Crippen molar-refractivity contribution in [1.82, 2.24) is 0 Å². The zero-order valence-electron chi connectivity index (χ0n) is 9.01. The molecule has 0 rings (SSSR count). The van der Waals surface area contributed by atoms with Gasteiger partial charge < -0.3 is 0 Å². The van der Waals surface area contributed by atoms with Gasteiger partial charge in [0.2, 0.25) is 0 Å². The third-order valence-corrected chi connectivity index (χ3v) is 2.05. The van der Waals surface area contributed by atoms with Crippen LogP contribution in [0.25, 0.3) is 0 Å². The Morgan fingerprint density at radius 1 is 1.08 bits per heavy atom. The summed E-state index contributed by atoms with van der Waals surface area (Å²) in [6.45, 7) is 4.32. The largest absolute Gasteiger partial charge is 0.295 e. The fourth-order valence-electron chi connectivity index (χ4n) is 1.17. The van der Waals surface area contributed by atoms with E-state index in [9.17, 15) is 4.79 Å². The minimum Gasteiger partial charge on any atom is -0.295 e. The van der Waals surface area contributed by atoms with Gasteiger partial charge in [-0.1, -0.05) is 45.6 Å². The number of allylic oxidation sites excluding steroid dienone is 2. The van der Waals surface area contributed by atoms with E-state index in [0.717, 1.165) is 19.3 Å². The molecule has 0 aliphatic heterocycles. The summed E-state index contributed by atoms with van der Waals surface area (Å²) in [6.07, 6.45) is 11.4. The molecule has 0 aromatic rings. The lowest BCUT2D eigenvalue weighted by Gasteiger charge is -1.94. The van der Waals surface area contributed by atoms with Gasteiger partial charge in [-0.05, 0) is 18.9 Å². The summed E-state index contributed by atoms with van der Waals surface area (Å²) in [5, 5.41) is 0.